The number of hydrogen-bond donors (Lipinski definition) is 2. The van der Waals surface area contributed by atoms with E-state index in [1.807, 2.05) is 24.3 Å². The van der Waals surface area contributed by atoms with Gasteiger partial charge in [-0.1, -0.05) is 30.3 Å². The van der Waals surface area contributed by atoms with Crippen LogP contribution >= 0.6 is 24.0 Å². The minimum absolute atomic E-state index is 0. The molecular formula is C22H31IN4O2. The van der Waals surface area contributed by atoms with E-state index in [0.717, 1.165) is 36.1 Å². The Morgan fingerprint density at radius 3 is 2.48 bits per heavy atom. The van der Waals surface area contributed by atoms with Gasteiger partial charge in [0.1, 0.15) is 0 Å². The van der Waals surface area contributed by atoms with Crippen molar-refractivity contribution in [3.05, 3.63) is 54.1 Å². The Balaban J connectivity index is 0.00000300. The number of nitrogens with one attached hydrogen (secondary N) is 2. The lowest BCUT2D eigenvalue weighted by Crippen LogP contribution is -2.32. The minimum atomic E-state index is 0. The molecule has 0 fully saturated rings. The van der Waals surface area contributed by atoms with Crippen LogP contribution in [0.4, 0.5) is 5.69 Å². The molecule has 0 aliphatic carbocycles. The van der Waals surface area contributed by atoms with Crippen LogP contribution in [-0.2, 0) is 0 Å². The molecule has 7 heteroatoms. The fraction of sp³-hybridized carbons (Fsp3) is 0.409. The Labute approximate surface area is 190 Å². The number of fused-ring (bicyclic) bond motifs is 1. The highest BCUT2D eigenvalue weighted by Crippen LogP contribution is 2.32. The van der Waals surface area contributed by atoms with E-state index in [2.05, 4.69) is 60.8 Å². The van der Waals surface area contributed by atoms with Crippen molar-refractivity contribution in [3.8, 4) is 11.5 Å². The maximum absolute atomic E-state index is 5.79. The van der Waals surface area contributed by atoms with E-state index in [1.54, 1.807) is 0 Å². The van der Waals surface area contributed by atoms with E-state index in [9.17, 15) is 0 Å². The number of ether oxygens (including phenoxy) is 2. The summed E-state index contributed by atoms with van der Waals surface area (Å²) in [6, 6.07) is 16.6. The number of likely N-dealkylation sites (N-methyl/N-ethyl adjacent to an activating group) is 1. The van der Waals surface area contributed by atoms with Crippen LogP contribution in [0.5, 0.6) is 11.5 Å². The van der Waals surface area contributed by atoms with Gasteiger partial charge in [-0.3, -0.25) is 4.99 Å². The summed E-state index contributed by atoms with van der Waals surface area (Å²) >= 11 is 0. The number of hydrogen-bond acceptors (Lipinski definition) is 4. The molecule has 0 saturated carbocycles. The molecule has 2 N–H and O–H groups in total. The summed E-state index contributed by atoms with van der Waals surface area (Å²) in [7, 11) is 4.16. The first-order valence-corrected chi connectivity index (χ1v) is 9.83. The van der Waals surface area contributed by atoms with Crippen molar-refractivity contribution in [2.75, 3.05) is 45.7 Å². The fourth-order valence-corrected chi connectivity index (χ4v) is 3.10. The van der Waals surface area contributed by atoms with Crippen molar-refractivity contribution in [1.82, 2.24) is 10.2 Å². The lowest BCUT2D eigenvalue weighted by Gasteiger charge is -2.23. The quantitative estimate of drug-likeness (QED) is 0.348. The Hall–Kier alpha value is -2.00. The maximum atomic E-state index is 5.79. The molecule has 0 radical (unpaired) electrons. The van der Waals surface area contributed by atoms with Gasteiger partial charge in [0.15, 0.2) is 17.5 Å². The number of rotatable bonds is 6. The first-order valence-electron chi connectivity index (χ1n) is 9.83. The maximum Gasteiger partial charge on any atom is 0.195 e. The summed E-state index contributed by atoms with van der Waals surface area (Å²) in [5.74, 6) is 2.32. The zero-order valence-electron chi connectivity index (χ0n) is 17.4. The van der Waals surface area contributed by atoms with Gasteiger partial charge in [-0.15, -0.1) is 24.0 Å². The second-order valence-corrected chi connectivity index (χ2v) is 6.95. The Morgan fingerprint density at radius 1 is 1.07 bits per heavy atom. The smallest absolute Gasteiger partial charge is 0.195 e. The van der Waals surface area contributed by atoms with Gasteiger partial charge in [-0.05, 0) is 38.7 Å². The normalized spacial score (nSPS) is 14.6. The van der Waals surface area contributed by atoms with Crippen molar-refractivity contribution >= 4 is 35.6 Å². The lowest BCUT2D eigenvalue weighted by atomic mass is 10.1. The van der Waals surface area contributed by atoms with Gasteiger partial charge in [0, 0.05) is 24.7 Å². The van der Waals surface area contributed by atoms with E-state index in [0.29, 0.717) is 19.8 Å². The average molecular weight is 510 g/mol. The predicted molar refractivity (Wildman–Crippen MR) is 130 cm³/mol. The summed E-state index contributed by atoms with van der Waals surface area (Å²) in [5.41, 5.74) is 2.17. The van der Waals surface area contributed by atoms with Gasteiger partial charge >= 0.3 is 0 Å². The van der Waals surface area contributed by atoms with Crippen LogP contribution in [0.2, 0.25) is 0 Å². The molecule has 0 amide bonds. The lowest BCUT2D eigenvalue weighted by molar-refractivity contribution is 0.297. The molecule has 3 rings (SSSR count). The van der Waals surface area contributed by atoms with Crippen LogP contribution in [0.1, 0.15) is 24.9 Å². The fourth-order valence-electron chi connectivity index (χ4n) is 3.10. The molecule has 2 aromatic rings. The van der Waals surface area contributed by atoms with Crippen LogP contribution < -0.4 is 20.1 Å². The van der Waals surface area contributed by atoms with Gasteiger partial charge in [0.2, 0.25) is 0 Å². The van der Waals surface area contributed by atoms with E-state index >= 15 is 0 Å². The van der Waals surface area contributed by atoms with E-state index < -0.39 is 0 Å². The summed E-state index contributed by atoms with van der Waals surface area (Å²) in [6.45, 7) is 4.86. The zero-order valence-corrected chi connectivity index (χ0v) is 19.7. The van der Waals surface area contributed by atoms with Gasteiger partial charge in [0.05, 0.1) is 25.8 Å². The van der Waals surface area contributed by atoms with Gasteiger partial charge in [-0.2, -0.15) is 0 Å². The third-order valence-electron chi connectivity index (χ3n) is 4.58. The highest BCUT2D eigenvalue weighted by Gasteiger charge is 2.14. The number of anilines is 1. The highest BCUT2D eigenvalue weighted by molar-refractivity contribution is 14.0. The van der Waals surface area contributed by atoms with Crippen molar-refractivity contribution in [2.24, 2.45) is 4.99 Å². The second-order valence-electron chi connectivity index (χ2n) is 6.95. The largest absolute Gasteiger partial charge is 0.490 e. The van der Waals surface area contributed by atoms with E-state index in [-0.39, 0.29) is 30.0 Å². The average Bonchev–Trinajstić information content (AvgIpc) is 2.94. The molecule has 6 nitrogen and oxygen atoms in total. The predicted octanol–water partition coefficient (Wildman–Crippen LogP) is 4.15. The summed E-state index contributed by atoms with van der Waals surface area (Å²) in [5, 5.41) is 6.70. The van der Waals surface area contributed by atoms with E-state index in [1.165, 1.54) is 5.56 Å². The molecule has 29 heavy (non-hydrogen) atoms. The molecular weight excluding hydrogens is 479 g/mol. The molecule has 158 valence electrons. The third-order valence-corrected chi connectivity index (χ3v) is 4.58. The van der Waals surface area contributed by atoms with Gasteiger partial charge < -0.3 is 25.0 Å². The summed E-state index contributed by atoms with van der Waals surface area (Å²) < 4.78 is 11.5. The van der Waals surface area contributed by atoms with Crippen LogP contribution in [-0.4, -0.2) is 51.3 Å². The van der Waals surface area contributed by atoms with Crippen LogP contribution in [0.15, 0.2) is 53.5 Å². The summed E-state index contributed by atoms with van der Waals surface area (Å²) in [6.07, 6.45) is 0.896. The number of guanidine groups is 1. The van der Waals surface area contributed by atoms with Crippen LogP contribution in [0, 0.1) is 0 Å². The Bertz CT molecular complexity index is 784. The van der Waals surface area contributed by atoms with Crippen molar-refractivity contribution < 1.29 is 9.47 Å². The molecule has 2 aromatic carbocycles. The highest BCUT2D eigenvalue weighted by atomic mass is 127. The van der Waals surface area contributed by atoms with Crippen molar-refractivity contribution in [1.29, 1.82) is 0 Å². The molecule has 1 unspecified atom stereocenters. The molecule has 1 atom stereocenters. The number of benzene rings is 2. The minimum Gasteiger partial charge on any atom is -0.490 e. The van der Waals surface area contributed by atoms with E-state index in [4.69, 9.17) is 14.5 Å². The molecule has 0 bridgehead atoms. The third kappa shape index (κ3) is 6.78. The first kappa shape index (κ1) is 23.3. The van der Waals surface area contributed by atoms with Crippen LogP contribution in [0.25, 0.3) is 0 Å². The first-order chi connectivity index (χ1) is 13.7. The molecule has 1 aliphatic heterocycles. The van der Waals surface area contributed by atoms with Gasteiger partial charge in [-0.25, -0.2) is 0 Å². The second kappa shape index (κ2) is 11.9. The monoisotopic (exact) mass is 510 g/mol. The SMILES string of the molecule is CCNC(=NCC(c1ccccc1)N(C)C)Nc1ccc2c(c1)OCCCO2.I. The van der Waals surface area contributed by atoms with Crippen molar-refractivity contribution in [2.45, 2.75) is 19.4 Å². The Morgan fingerprint density at radius 2 is 1.79 bits per heavy atom. The molecule has 0 spiro atoms. The Kier molecular flexibility index (Phi) is 9.53. The zero-order chi connectivity index (χ0) is 19.8. The molecule has 0 aromatic heterocycles. The number of aliphatic imine (C=N–C) groups is 1. The van der Waals surface area contributed by atoms with Gasteiger partial charge in [0.25, 0.3) is 0 Å². The topological polar surface area (TPSA) is 58.1 Å². The molecule has 0 saturated heterocycles. The van der Waals surface area contributed by atoms with Crippen molar-refractivity contribution in [3.63, 3.8) is 0 Å². The standard InChI is InChI=1S/C22H30N4O2.HI/c1-4-23-22(24-16-19(26(2)3)17-9-6-5-7-10-17)25-18-11-12-20-21(15-18)28-14-8-13-27-20;/h5-7,9-12,15,19H,4,8,13-14,16H2,1-3H3,(H2,23,24,25);1H. The number of halogens is 1. The van der Waals surface area contributed by atoms with Crippen LogP contribution in [0.3, 0.4) is 0 Å². The number of nitrogens with zero attached hydrogens (tertiary/aromatic N) is 2. The summed E-state index contributed by atoms with van der Waals surface area (Å²) in [4.78, 5) is 7.01. The molecule has 1 aliphatic rings. The molecule has 1 heterocycles.